The summed E-state index contributed by atoms with van der Waals surface area (Å²) >= 11 is 3.43. The zero-order valence-corrected chi connectivity index (χ0v) is 12.5. The summed E-state index contributed by atoms with van der Waals surface area (Å²) in [7, 11) is 0. The monoisotopic (exact) mass is 335 g/mol. The largest absolute Gasteiger partial charge is 0.462 e. The molecule has 0 aliphatic heterocycles. The normalized spacial score (nSPS) is 10.1. The summed E-state index contributed by atoms with van der Waals surface area (Å²) in [4.78, 5) is 15.9. The Morgan fingerprint density at radius 3 is 2.90 bits per heavy atom. The molecule has 2 aromatic rings. The van der Waals surface area contributed by atoms with Crippen molar-refractivity contribution in [3.63, 3.8) is 0 Å². The smallest absolute Gasteiger partial charge is 0.340 e. The van der Waals surface area contributed by atoms with E-state index in [2.05, 4.69) is 26.2 Å². The second-order valence-electron chi connectivity index (χ2n) is 3.98. The molecule has 2 rings (SSSR count). The van der Waals surface area contributed by atoms with Crippen LogP contribution in [0.5, 0.6) is 0 Å². The van der Waals surface area contributed by atoms with Gasteiger partial charge < -0.3 is 15.8 Å². The van der Waals surface area contributed by atoms with E-state index in [0.29, 0.717) is 23.7 Å². The molecule has 0 spiro atoms. The van der Waals surface area contributed by atoms with Gasteiger partial charge in [0.25, 0.3) is 0 Å². The maximum absolute atomic E-state index is 11.8. The first-order chi connectivity index (χ1) is 9.61. The van der Waals surface area contributed by atoms with Gasteiger partial charge in [0.15, 0.2) is 0 Å². The molecule has 1 aromatic heterocycles. The van der Waals surface area contributed by atoms with E-state index >= 15 is 0 Å². The highest BCUT2D eigenvalue weighted by Crippen LogP contribution is 2.25. The average Bonchev–Trinajstić information content (AvgIpc) is 2.43. The van der Waals surface area contributed by atoms with Crippen molar-refractivity contribution in [2.75, 3.05) is 17.7 Å². The third-order valence-corrected chi connectivity index (χ3v) is 3.26. The zero-order valence-electron chi connectivity index (χ0n) is 10.9. The van der Waals surface area contributed by atoms with Gasteiger partial charge in [0, 0.05) is 4.47 Å². The van der Waals surface area contributed by atoms with Crippen molar-refractivity contribution < 1.29 is 9.53 Å². The summed E-state index contributed by atoms with van der Waals surface area (Å²) in [6.45, 7) is 2.04. The van der Waals surface area contributed by atoms with Crippen molar-refractivity contribution in [3.05, 3.63) is 46.6 Å². The number of hydrogen-bond donors (Lipinski definition) is 2. The number of nitrogen functional groups attached to an aromatic ring is 1. The summed E-state index contributed by atoms with van der Waals surface area (Å²) in [5.41, 5.74) is 7.19. The summed E-state index contributed by atoms with van der Waals surface area (Å²) in [5, 5.41) is 3.12. The number of halogens is 1. The van der Waals surface area contributed by atoms with Crippen LogP contribution in [0.15, 0.2) is 41.0 Å². The predicted molar refractivity (Wildman–Crippen MR) is 82.0 cm³/mol. The second kappa shape index (κ2) is 6.38. The van der Waals surface area contributed by atoms with Crippen molar-refractivity contribution in [2.24, 2.45) is 0 Å². The molecule has 0 saturated heterocycles. The lowest BCUT2D eigenvalue weighted by Gasteiger charge is -2.10. The Morgan fingerprint density at radius 1 is 1.45 bits per heavy atom. The van der Waals surface area contributed by atoms with Crippen LogP contribution in [0, 0.1) is 0 Å². The van der Waals surface area contributed by atoms with Gasteiger partial charge in [0.2, 0.25) is 0 Å². The van der Waals surface area contributed by atoms with Crippen molar-refractivity contribution in [2.45, 2.75) is 6.92 Å². The molecule has 20 heavy (non-hydrogen) atoms. The molecule has 3 N–H and O–H groups in total. The molecule has 5 nitrogen and oxygen atoms in total. The number of aromatic nitrogens is 1. The first-order valence-electron chi connectivity index (χ1n) is 6.06. The Morgan fingerprint density at radius 2 is 2.20 bits per heavy atom. The van der Waals surface area contributed by atoms with Crippen LogP contribution in [0.1, 0.15) is 17.3 Å². The minimum atomic E-state index is -0.456. The lowest BCUT2D eigenvalue weighted by Crippen LogP contribution is -2.09. The van der Waals surface area contributed by atoms with Gasteiger partial charge in [-0.25, -0.2) is 9.78 Å². The van der Waals surface area contributed by atoms with Gasteiger partial charge >= 0.3 is 5.97 Å². The SMILES string of the molecule is CCOC(=O)c1cc(Nc2ccccc2Br)ncc1N. The number of carbonyl (C=O) groups is 1. The van der Waals surface area contributed by atoms with Crippen LogP contribution >= 0.6 is 15.9 Å². The first kappa shape index (κ1) is 14.3. The summed E-state index contributed by atoms with van der Waals surface area (Å²) in [6, 6.07) is 9.19. The van der Waals surface area contributed by atoms with Gasteiger partial charge in [-0.05, 0) is 41.1 Å². The van der Waals surface area contributed by atoms with E-state index in [4.69, 9.17) is 10.5 Å². The molecule has 0 radical (unpaired) electrons. The van der Waals surface area contributed by atoms with E-state index in [1.807, 2.05) is 24.3 Å². The zero-order chi connectivity index (χ0) is 14.5. The molecule has 0 aliphatic carbocycles. The van der Waals surface area contributed by atoms with Crippen molar-refractivity contribution in [1.29, 1.82) is 0 Å². The maximum Gasteiger partial charge on any atom is 0.340 e. The van der Waals surface area contributed by atoms with E-state index in [1.165, 1.54) is 6.20 Å². The van der Waals surface area contributed by atoms with Crippen LogP contribution in [0.2, 0.25) is 0 Å². The molecule has 0 atom stereocenters. The summed E-state index contributed by atoms with van der Waals surface area (Å²) in [5.74, 6) is 0.0664. The number of para-hydroxylation sites is 1. The van der Waals surface area contributed by atoms with E-state index in [1.54, 1.807) is 13.0 Å². The van der Waals surface area contributed by atoms with Crippen LogP contribution in [-0.2, 0) is 4.74 Å². The molecule has 6 heteroatoms. The van der Waals surface area contributed by atoms with E-state index in [0.717, 1.165) is 10.2 Å². The number of rotatable bonds is 4. The number of carbonyl (C=O) groups excluding carboxylic acids is 1. The molecule has 0 aliphatic rings. The minimum Gasteiger partial charge on any atom is -0.462 e. The molecule has 1 aromatic carbocycles. The number of nitrogens with one attached hydrogen (secondary N) is 1. The Bertz CT molecular complexity index is 632. The van der Waals surface area contributed by atoms with E-state index in [-0.39, 0.29) is 0 Å². The van der Waals surface area contributed by atoms with Crippen LogP contribution in [0.25, 0.3) is 0 Å². The molecule has 0 unspecified atom stereocenters. The standard InChI is InChI=1S/C14H14BrN3O2/c1-2-20-14(19)9-7-13(17-8-11(9)16)18-12-6-4-3-5-10(12)15/h3-8H,2,16H2,1H3,(H,17,18). The Balaban J connectivity index is 2.28. The predicted octanol–water partition coefficient (Wildman–Crippen LogP) is 3.35. The summed E-state index contributed by atoms with van der Waals surface area (Å²) < 4.78 is 5.85. The number of hydrogen-bond acceptors (Lipinski definition) is 5. The molecular weight excluding hydrogens is 322 g/mol. The van der Waals surface area contributed by atoms with Crippen LogP contribution in [-0.4, -0.2) is 17.6 Å². The Labute approximate surface area is 125 Å². The van der Waals surface area contributed by atoms with Gasteiger partial charge in [0.05, 0.1) is 29.7 Å². The highest BCUT2D eigenvalue weighted by atomic mass is 79.9. The fraction of sp³-hybridized carbons (Fsp3) is 0.143. The fourth-order valence-corrected chi connectivity index (χ4v) is 2.00. The van der Waals surface area contributed by atoms with Gasteiger partial charge in [-0.1, -0.05) is 12.1 Å². The van der Waals surface area contributed by atoms with Gasteiger partial charge in [0.1, 0.15) is 5.82 Å². The van der Waals surface area contributed by atoms with Crippen LogP contribution in [0.3, 0.4) is 0 Å². The van der Waals surface area contributed by atoms with Crippen molar-refractivity contribution >= 4 is 39.1 Å². The fourth-order valence-electron chi connectivity index (χ4n) is 1.62. The number of ether oxygens (including phenoxy) is 1. The number of nitrogens with two attached hydrogens (primary N) is 1. The molecular formula is C14H14BrN3O2. The highest BCUT2D eigenvalue weighted by Gasteiger charge is 2.12. The molecule has 0 bridgehead atoms. The molecule has 104 valence electrons. The number of nitrogens with zero attached hydrogens (tertiary/aromatic N) is 1. The molecule has 1 heterocycles. The Kier molecular flexibility index (Phi) is 4.57. The highest BCUT2D eigenvalue weighted by molar-refractivity contribution is 9.10. The van der Waals surface area contributed by atoms with E-state index in [9.17, 15) is 4.79 Å². The Hall–Kier alpha value is -2.08. The third kappa shape index (κ3) is 3.27. The van der Waals surface area contributed by atoms with Crippen molar-refractivity contribution in [1.82, 2.24) is 4.98 Å². The number of pyridine rings is 1. The number of benzene rings is 1. The lowest BCUT2D eigenvalue weighted by atomic mass is 10.2. The molecule has 0 saturated carbocycles. The van der Waals surface area contributed by atoms with Crippen molar-refractivity contribution in [3.8, 4) is 0 Å². The second-order valence-corrected chi connectivity index (χ2v) is 4.84. The average molecular weight is 336 g/mol. The summed E-state index contributed by atoms with van der Waals surface area (Å²) in [6.07, 6.45) is 1.44. The number of esters is 1. The maximum atomic E-state index is 11.8. The van der Waals surface area contributed by atoms with Gasteiger partial charge in [-0.3, -0.25) is 0 Å². The van der Waals surface area contributed by atoms with Crippen LogP contribution in [0.4, 0.5) is 17.2 Å². The first-order valence-corrected chi connectivity index (χ1v) is 6.85. The number of anilines is 3. The third-order valence-electron chi connectivity index (χ3n) is 2.57. The lowest BCUT2D eigenvalue weighted by molar-refractivity contribution is 0.0527. The van der Waals surface area contributed by atoms with Gasteiger partial charge in [-0.15, -0.1) is 0 Å². The van der Waals surface area contributed by atoms with E-state index < -0.39 is 5.97 Å². The van der Waals surface area contributed by atoms with Gasteiger partial charge in [-0.2, -0.15) is 0 Å². The molecule has 0 amide bonds. The quantitative estimate of drug-likeness (QED) is 0.838. The minimum absolute atomic E-state index is 0.293. The molecule has 0 fully saturated rings. The van der Waals surface area contributed by atoms with Crippen LogP contribution < -0.4 is 11.1 Å². The topological polar surface area (TPSA) is 77.2 Å².